The molecule has 1 heterocycles. The molecule has 1 aliphatic rings. The molecule has 0 radical (unpaired) electrons. The highest BCUT2D eigenvalue weighted by Crippen LogP contribution is 2.23. The van der Waals surface area contributed by atoms with Gasteiger partial charge in [-0.1, -0.05) is 6.92 Å². The first kappa shape index (κ1) is 10.5. The number of amides is 1. The van der Waals surface area contributed by atoms with Gasteiger partial charge in [0.15, 0.2) is 0 Å². The van der Waals surface area contributed by atoms with Gasteiger partial charge in [0.25, 0.3) is 0 Å². The van der Waals surface area contributed by atoms with Crippen LogP contribution in [0.3, 0.4) is 0 Å². The molecule has 0 aromatic heterocycles. The predicted octanol–water partition coefficient (Wildman–Crippen LogP) is -0.124. The molecule has 0 saturated carbocycles. The minimum Gasteiger partial charge on any atom is -0.377 e. The Kier molecular flexibility index (Phi) is 4.18. The maximum Gasteiger partial charge on any atom is 0.225 e. The van der Waals surface area contributed by atoms with E-state index in [9.17, 15) is 4.79 Å². The van der Waals surface area contributed by atoms with Gasteiger partial charge in [0.1, 0.15) is 0 Å². The minimum absolute atomic E-state index is 0.0385. The number of hydrogen-bond acceptors (Lipinski definition) is 3. The van der Waals surface area contributed by atoms with Crippen LogP contribution in [0.1, 0.15) is 19.8 Å². The van der Waals surface area contributed by atoms with Gasteiger partial charge in [0, 0.05) is 19.7 Å². The van der Waals surface area contributed by atoms with Crippen molar-refractivity contribution in [3.63, 3.8) is 0 Å². The van der Waals surface area contributed by atoms with E-state index in [0.29, 0.717) is 19.7 Å². The molecule has 1 aliphatic heterocycles. The summed E-state index contributed by atoms with van der Waals surface area (Å²) < 4.78 is 5.42. The zero-order valence-corrected chi connectivity index (χ0v) is 8.08. The molecule has 2 atom stereocenters. The van der Waals surface area contributed by atoms with Gasteiger partial charge < -0.3 is 15.8 Å². The quantitative estimate of drug-likeness (QED) is 0.643. The molecular weight excluding hydrogens is 168 g/mol. The van der Waals surface area contributed by atoms with E-state index in [-0.39, 0.29) is 17.9 Å². The lowest BCUT2D eigenvalue weighted by Gasteiger charge is -2.15. The summed E-state index contributed by atoms with van der Waals surface area (Å²) in [4.78, 5) is 11.5. The van der Waals surface area contributed by atoms with Crippen molar-refractivity contribution in [1.29, 1.82) is 0 Å². The van der Waals surface area contributed by atoms with Crippen LogP contribution in [-0.2, 0) is 9.53 Å². The van der Waals surface area contributed by atoms with Crippen molar-refractivity contribution in [3.8, 4) is 0 Å². The molecule has 1 fully saturated rings. The van der Waals surface area contributed by atoms with Crippen molar-refractivity contribution in [2.45, 2.75) is 25.9 Å². The molecule has 1 rings (SSSR count). The Bertz CT molecular complexity index is 173. The number of carbonyl (C=O) groups excluding carboxylic acids is 1. The Labute approximate surface area is 78.8 Å². The molecule has 0 aromatic rings. The molecule has 0 aromatic carbocycles. The lowest BCUT2D eigenvalue weighted by Crippen LogP contribution is -2.37. The van der Waals surface area contributed by atoms with Crippen molar-refractivity contribution in [3.05, 3.63) is 0 Å². The molecule has 0 aliphatic carbocycles. The van der Waals surface area contributed by atoms with Crippen molar-refractivity contribution in [1.82, 2.24) is 5.32 Å². The molecule has 1 saturated heterocycles. The normalized spacial score (nSPS) is 27.5. The van der Waals surface area contributed by atoms with E-state index in [4.69, 9.17) is 10.5 Å². The molecule has 1 amide bonds. The van der Waals surface area contributed by atoms with E-state index < -0.39 is 0 Å². The topological polar surface area (TPSA) is 64.3 Å². The molecule has 13 heavy (non-hydrogen) atoms. The summed E-state index contributed by atoms with van der Waals surface area (Å²) in [7, 11) is 0. The number of ether oxygens (including phenoxy) is 1. The summed E-state index contributed by atoms with van der Waals surface area (Å²) in [5, 5.41) is 2.79. The van der Waals surface area contributed by atoms with Crippen LogP contribution in [0.4, 0.5) is 0 Å². The first-order chi connectivity index (χ1) is 6.29. The third kappa shape index (κ3) is 2.67. The number of carbonyl (C=O) groups is 1. The van der Waals surface area contributed by atoms with Gasteiger partial charge in [-0.3, -0.25) is 4.79 Å². The van der Waals surface area contributed by atoms with Gasteiger partial charge in [0.2, 0.25) is 5.91 Å². The number of nitrogens with one attached hydrogen (secondary N) is 1. The number of nitrogens with two attached hydrogens (primary N) is 1. The average Bonchev–Trinajstić information content (AvgIpc) is 2.61. The van der Waals surface area contributed by atoms with E-state index >= 15 is 0 Å². The number of rotatable bonds is 4. The summed E-state index contributed by atoms with van der Waals surface area (Å²) in [5.74, 6) is 0.131. The van der Waals surface area contributed by atoms with Crippen LogP contribution in [0, 0.1) is 5.92 Å². The summed E-state index contributed by atoms with van der Waals surface area (Å²) in [6.45, 7) is 3.81. The second-order valence-electron chi connectivity index (χ2n) is 3.29. The van der Waals surface area contributed by atoms with E-state index in [1.165, 1.54) is 0 Å². The molecule has 4 nitrogen and oxygen atoms in total. The van der Waals surface area contributed by atoms with Crippen molar-refractivity contribution in [2.24, 2.45) is 11.7 Å². The van der Waals surface area contributed by atoms with Gasteiger partial charge in [0.05, 0.1) is 12.0 Å². The fourth-order valence-electron chi connectivity index (χ4n) is 1.68. The summed E-state index contributed by atoms with van der Waals surface area (Å²) in [6.07, 6.45) is 1.85. The molecule has 3 N–H and O–H groups in total. The van der Waals surface area contributed by atoms with Gasteiger partial charge >= 0.3 is 0 Å². The Hall–Kier alpha value is -0.610. The third-order valence-corrected chi connectivity index (χ3v) is 2.39. The summed E-state index contributed by atoms with van der Waals surface area (Å²) >= 11 is 0. The van der Waals surface area contributed by atoms with E-state index in [1.807, 2.05) is 6.92 Å². The maximum atomic E-state index is 11.5. The molecule has 0 bridgehead atoms. The Morgan fingerprint density at radius 3 is 3.08 bits per heavy atom. The molecule has 0 spiro atoms. The Morgan fingerprint density at radius 2 is 2.46 bits per heavy atom. The van der Waals surface area contributed by atoms with E-state index in [0.717, 1.165) is 12.8 Å². The van der Waals surface area contributed by atoms with Gasteiger partial charge in [-0.2, -0.15) is 0 Å². The first-order valence-corrected chi connectivity index (χ1v) is 4.89. The third-order valence-electron chi connectivity index (χ3n) is 2.39. The van der Waals surface area contributed by atoms with Crippen LogP contribution in [0.15, 0.2) is 0 Å². The monoisotopic (exact) mass is 186 g/mol. The Morgan fingerprint density at radius 1 is 1.69 bits per heavy atom. The minimum atomic E-state index is 0.0385. The maximum absolute atomic E-state index is 11.5. The molecular formula is C9H18N2O2. The van der Waals surface area contributed by atoms with Gasteiger partial charge in [-0.25, -0.2) is 0 Å². The van der Waals surface area contributed by atoms with Gasteiger partial charge in [-0.15, -0.1) is 0 Å². The number of hydrogen-bond donors (Lipinski definition) is 2. The highest BCUT2D eigenvalue weighted by molar-refractivity contribution is 5.79. The average molecular weight is 186 g/mol. The van der Waals surface area contributed by atoms with Crippen LogP contribution in [0.2, 0.25) is 0 Å². The van der Waals surface area contributed by atoms with Crippen LogP contribution >= 0.6 is 0 Å². The zero-order valence-electron chi connectivity index (χ0n) is 8.08. The molecule has 76 valence electrons. The van der Waals surface area contributed by atoms with Crippen molar-refractivity contribution in [2.75, 3.05) is 19.7 Å². The standard InChI is InChI=1S/C9H18N2O2/c1-2-8-7(3-6-13-8)9(12)11-5-4-10/h7-8H,2-6,10H2,1H3,(H,11,12). The van der Waals surface area contributed by atoms with E-state index in [2.05, 4.69) is 5.32 Å². The Balaban J connectivity index is 2.36. The largest absolute Gasteiger partial charge is 0.377 e. The summed E-state index contributed by atoms with van der Waals surface area (Å²) in [5.41, 5.74) is 5.30. The lowest BCUT2D eigenvalue weighted by molar-refractivity contribution is -0.126. The second-order valence-corrected chi connectivity index (χ2v) is 3.29. The van der Waals surface area contributed by atoms with Crippen LogP contribution in [-0.4, -0.2) is 31.7 Å². The first-order valence-electron chi connectivity index (χ1n) is 4.89. The highest BCUT2D eigenvalue weighted by Gasteiger charge is 2.32. The molecule has 2 unspecified atom stereocenters. The fourth-order valence-corrected chi connectivity index (χ4v) is 1.68. The lowest BCUT2D eigenvalue weighted by atomic mass is 9.99. The zero-order chi connectivity index (χ0) is 9.68. The smallest absolute Gasteiger partial charge is 0.225 e. The van der Waals surface area contributed by atoms with Crippen molar-refractivity contribution >= 4 is 5.91 Å². The second kappa shape index (κ2) is 5.19. The van der Waals surface area contributed by atoms with Crippen LogP contribution < -0.4 is 11.1 Å². The summed E-state index contributed by atoms with van der Waals surface area (Å²) in [6, 6.07) is 0. The predicted molar refractivity (Wildman–Crippen MR) is 50.2 cm³/mol. The molecule has 4 heteroatoms. The highest BCUT2D eigenvalue weighted by atomic mass is 16.5. The van der Waals surface area contributed by atoms with Crippen molar-refractivity contribution < 1.29 is 9.53 Å². The van der Waals surface area contributed by atoms with Crippen LogP contribution in [0.25, 0.3) is 0 Å². The van der Waals surface area contributed by atoms with Gasteiger partial charge in [-0.05, 0) is 12.8 Å². The SMILES string of the molecule is CCC1OCCC1C(=O)NCCN. The fraction of sp³-hybridized carbons (Fsp3) is 0.889. The van der Waals surface area contributed by atoms with E-state index in [1.54, 1.807) is 0 Å². The van der Waals surface area contributed by atoms with Crippen LogP contribution in [0.5, 0.6) is 0 Å².